The molecule has 1 aromatic rings. The summed E-state index contributed by atoms with van der Waals surface area (Å²) in [7, 11) is 1.93. The van der Waals surface area contributed by atoms with Crippen LogP contribution in [0, 0.1) is 11.8 Å². The normalized spacial score (nSPS) is 19.8. The molecule has 1 aliphatic rings. The molecule has 1 unspecified atom stereocenters. The fourth-order valence-corrected chi connectivity index (χ4v) is 2.68. The summed E-state index contributed by atoms with van der Waals surface area (Å²) in [6, 6.07) is 2.11. The summed E-state index contributed by atoms with van der Waals surface area (Å²) >= 11 is 6.14. The third-order valence-electron chi connectivity index (χ3n) is 3.78. The number of nitrogens with zero attached hydrogens (tertiary/aromatic N) is 2. The van der Waals surface area contributed by atoms with Crippen LogP contribution in [0.15, 0.2) is 12.3 Å². The number of halogens is 1. The van der Waals surface area contributed by atoms with E-state index in [-0.39, 0.29) is 0 Å². The SMILES string of the molecule is CNCc1cc(N2CCC(C(C)C)C2)ncc1Cl. The minimum atomic E-state index is 0.743. The first-order valence-corrected chi connectivity index (χ1v) is 7.03. The van der Waals surface area contributed by atoms with Crippen LogP contribution in [0.25, 0.3) is 0 Å². The van der Waals surface area contributed by atoms with Gasteiger partial charge in [0.1, 0.15) is 5.82 Å². The number of hydrogen-bond donors (Lipinski definition) is 1. The van der Waals surface area contributed by atoms with Crippen LogP contribution in [-0.4, -0.2) is 25.1 Å². The summed E-state index contributed by atoms with van der Waals surface area (Å²) in [6.45, 7) is 7.61. The smallest absolute Gasteiger partial charge is 0.128 e. The van der Waals surface area contributed by atoms with Gasteiger partial charge in [-0.05, 0) is 36.9 Å². The van der Waals surface area contributed by atoms with Crippen molar-refractivity contribution in [2.45, 2.75) is 26.8 Å². The molecule has 0 saturated carbocycles. The summed E-state index contributed by atoms with van der Waals surface area (Å²) in [5.41, 5.74) is 1.12. The predicted octanol–water partition coefficient (Wildman–Crippen LogP) is 2.94. The Labute approximate surface area is 115 Å². The fourth-order valence-electron chi connectivity index (χ4n) is 2.51. The van der Waals surface area contributed by atoms with Gasteiger partial charge in [0.15, 0.2) is 0 Å². The van der Waals surface area contributed by atoms with Gasteiger partial charge in [0.25, 0.3) is 0 Å². The lowest BCUT2D eigenvalue weighted by molar-refractivity contribution is 0.422. The highest BCUT2D eigenvalue weighted by molar-refractivity contribution is 6.31. The molecule has 0 amide bonds. The summed E-state index contributed by atoms with van der Waals surface area (Å²) in [4.78, 5) is 6.84. The quantitative estimate of drug-likeness (QED) is 0.909. The number of aromatic nitrogens is 1. The van der Waals surface area contributed by atoms with Gasteiger partial charge in [-0.2, -0.15) is 0 Å². The molecule has 18 heavy (non-hydrogen) atoms. The molecule has 1 aromatic heterocycles. The van der Waals surface area contributed by atoms with Gasteiger partial charge in [-0.3, -0.25) is 0 Å². The molecule has 0 aromatic carbocycles. The zero-order valence-corrected chi connectivity index (χ0v) is 12.2. The second-order valence-electron chi connectivity index (χ2n) is 5.40. The standard InChI is InChI=1S/C14H22ClN3/c1-10(2)11-4-5-18(9-11)14-6-12(7-16-3)13(15)8-17-14/h6,8,10-11,16H,4-5,7,9H2,1-3H3. The van der Waals surface area contributed by atoms with Gasteiger partial charge in [0.05, 0.1) is 5.02 Å². The maximum atomic E-state index is 6.14. The van der Waals surface area contributed by atoms with Crippen molar-refractivity contribution in [2.75, 3.05) is 25.0 Å². The summed E-state index contributed by atoms with van der Waals surface area (Å²) < 4.78 is 0. The molecule has 1 atom stereocenters. The van der Waals surface area contributed by atoms with E-state index in [1.54, 1.807) is 6.20 Å². The number of anilines is 1. The number of pyridine rings is 1. The Morgan fingerprint density at radius 2 is 2.33 bits per heavy atom. The first-order valence-electron chi connectivity index (χ1n) is 6.65. The lowest BCUT2D eigenvalue weighted by Crippen LogP contribution is -2.22. The molecular formula is C14H22ClN3. The maximum absolute atomic E-state index is 6.14. The largest absolute Gasteiger partial charge is 0.356 e. The molecule has 0 radical (unpaired) electrons. The second kappa shape index (κ2) is 5.89. The summed E-state index contributed by atoms with van der Waals surface area (Å²) in [6.07, 6.45) is 3.04. The minimum absolute atomic E-state index is 0.743. The topological polar surface area (TPSA) is 28.2 Å². The third kappa shape index (κ3) is 2.96. The van der Waals surface area contributed by atoms with Gasteiger partial charge >= 0.3 is 0 Å². The fraction of sp³-hybridized carbons (Fsp3) is 0.643. The van der Waals surface area contributed by atoms with Crippen molar-refractivity contribution < 1.29 is 0 Å². The molecule has 1 saturated heterocycles. The van der Waals surface area contributed by atoms with Gasteiger partial charge in [0.2, 0.25) is 0 Å². The van der Waals surface area contributed by atoms with E-state index in [0.29, 0.717) is 0 Å². The molecular weight excluding hydrogens is 246 g/mol. The highest BCUT2D eigenvalue weighted by Gasteiger charge is 2.25. The molecule has 1 aliphatic heterocycles. The van der Waals surface area contributed by atoms with Gasteiger partial charge < -0.3 is 10.2 Å². The van der Waals surface area contributed by atoms with Crippen LogP contribution in [0.4, 0.5) is 5.82 Å². The highest BCUT2D eigenvalue weighted by atomic mass is 35.5. The molecule has 1 fully saturated rings. The first kappa shape index (κ1) is 13.6. The van der Waals surface area contributed by atoms with Gasteiger partial charge in [-0.15, -0.1) is 0 Å². The summed E-state index contributed by atoms with van der Waals surface area (Å²) in [5.74, 6) is 2.60. The number of hydrogen-bond acceptors (Lipinski definition) is 3. The number of nitrogens with one attached hydrogen (secondary N) is 1. The van der Waals surface area contributed by atoms with Crippen LogP contribution in [-0.2, 0) is 6.54 Å². The van der Waals surface area contributed by atoms with Crippen molar-refractivity contribution in [2.24, 2.45) is 11.8 Å². The van der Waals surface area contributed by atoms with Crippen molar-refractivity contribution in [1.82, 2.24) is 10.3 Å². The Kier molecular flexibility index (Phi) is 4.46. The first-order chi connectivity index (χ1) is 8.61. The van der Waals surface area contributed by atoms with Crippen LogP contribution >= 0.6 is 11.6 Å². The van der Waals surface area contributed by atoms with Gasteiger partial charge in [-0.25, -0.2) is 4.98 Å². The lowest BCUT2D eigenvalue weighted by Gasteiger charge is -2.20. The van der Waals surface area contributed by atoms with E-state index in [9.17, 15) is 0 Å². The van der Waals surface area contributed by atoms with E-state index in [1.165, 1.54) is 6.42 Å². The monoisotopic (exact) mass is 267 g/mol. The zero-order chi connectivity index (χ0) is 13.1. The van der Waals surface area contributed by atoms with Crippen molar-refractivity contribution in [3.8, 4) is 0 Å². The minimum Gasteiger partial charge on any atom is -0.356 e. The van der Waals surface area contributed by atoms with Crippen molar-refractivity contribution in [1.29, 1.82) is 0 Å². The molecule has 0 aliphatic carbocycles. The van der Waals surface area contributed by atoms with E-state index < -0.39 is 0 Å². The second-order valence-corrected chi connectivity index (χ2v) is 5.81. The Balaban J connectivity index is 2.12. The Morgan fingerprint density at radius 1 is 1.56 bits per heavy atom. The molecule has 100 valence electrons. The summed E-state index contributed by atoms with van der Waals surface area (Å²) in [5, 5.41) is 3.88. The third-order valence-corrected chi connectivity index (χ3v) is 4.12. The van der Waals surface area contributed by atoms with E-state index in [1.807, 2.05) is 7.05 Å². The van der Waals surface area contributed by atoms with Gasteiger partial charge in [-0.1, -0.05) is 25.4 Å². The highest BCUT2D eigenvalue weighted by Crippen LogP contribution is 2.28. The molecule has 0 bridgehead atoms. The zero-order valence-electron chi connectivity index (χ0n) is 11.4. The average molecular weight is 268 g/mol. The molecule has 4 heteroatoms. The van der Waals surface area contributed by atoms with E-state index >= 15 is 0 Å². The van der Waals surface area contributed by atoms with Crippen molar-refractivity contribution in [3.05, 3.63) is 22.8 Å². The van der Waals surface area contributed by atoms with E-state index in [0.717, 1.165) is 47.9 Å². The lowest BCUT2D eigenvalue weighted by atomic mass is 9.95. The molecule has 1 N–H and O–H groups in total. The van der Waals surface area contributed by atoms with Crippen LogP contribution in [0.2, 0.25) is 5.02 Å². The van der Waals surface area contributed by atoms with Crippen LogP contribution in [0.3, 0.4) is 0 Å². The van der Waals surface area contributed by atoms with Crippen molar-refractivity contribution >= 4 is 17.4 Å². The molecule has 2 heterocycles. The number of rotatable bonds is 4. The Bertz CT molecular complexity index is 406. The maximum Gasteiger partial charge on any atom is 0.128 e. The van der Waals surface area contributed by atoms with Gasteiger partial charge in [0, 0.05) is 25.8 Å². The van der Waals surface area contributed by atoms with Crippen LogP contribution in [0.1, 0.15) is 25.8 Å². The predicted molar refractivity (Wildman–Crippen MR) is 77.2 cm³/mol. The van der Waals surface area contributed by atoms with E-state index in [2.05, 4.69) is 35.1 Å². The molecule has 2 rings (SSSR count). The molecule has 3 nitrogen and oxygen atoms in total. The van der Waals surface area contributed by atoms with Crippen LogP contribution in [0.5, 0.6) is 0 Å². The molecule has 0 spiro atoms. The van der Waals surface area contributed by atoms with Crippen LogP contribution < -0.4 is 10.2 Å². The average Bonchev–Trinajstić information content (AvgIpc) is 2.82. The van der Waals surface area contributed by atoms with E-state index in [4.69, 9.17) is 11.6 Å². The Morgan fingerprint density at radius 3 is 2.94 bits per heavy atom. The Hall–Kier alpha value is -0.800. The van der Waals surface area contributed by atoms with Crippen molar-refractivity contribution in [3.63, 3.8) is 0 Å².